The summed E-state index contributed by atoms with van der Waals surface area (Å²) in [6.07, 6.45) is 6.80. The summed E-state index contributed by atoms with van der Waals surface area (Å²) in [7, 11) is -0.804. The lowest BCUT2D eigenvalue weighted by molar-refractivity contribution is 0.529. The molecule has 0 unspecified atom stereocenters. The van der Waals surface area contributed by atoms with Gasteiger partial charge >= 0.3 is 0 Å². The summed E-state index contributed by atoms with van der Waals surface area (Å²) >= 11 is 0. The average Bonchev–Trinajstić information content (AvgIpc) is 3.24. The molecule has 0 radical (unpaired) electrons. The monoisotopic (exact) mass is 284 g/mol. The van der Waals surface area contributed by atoms with Gasteiger partial charge in [-0.25, -0.2) is 0 Å². The van der Waals surface area contributed by atoms with Crippen molar-refractivity contribution in [2.24, 2.45) is 23.7 Å². The largest absolute Gasteiger partial charge is 0.254 e. The molecule has 2 heteroatoms. The smallest absolute Gasteiger partial charge is 0.0567 e. The Hall–Kier alpha value is -0.890. The maximum absolute atomic E-state index is 12.9. The summed E-state index contributed by atoms with van der Waals surface area (Å²) in [6, 6.07) is 10.1. The van der Waals surface area contributed by atoms with E-state index in [1.165, 1.54) is 32.1 Å². The van der Waals surface area contributed by atoms with Crippen LogP contribution in [0.2, 0.25) is 0 Å². The number of hydrogen-bond donors (Lipinski definition) is 0. The fraction of sp³-hybridized carbons (Fsp3) is 0.556. The fourth-order valence-corrected chi connectivity index (χ4v) is 7.39. The van der Waals surface area contributed by atoms with Crippen molar-refractivity contribution in [2.75, 3.05) is 0 Å². The Bertz CT molecular complexity index is 618. The van der Waals surface area contributed by atoms with E-state index in [1.54, 1.807) is 5.57 Å². The summed E-state index contributed by atoms with van der Waals surface area (Å²) in [5.74, 6) is 3.26. The molecule has 2 fully saturated rings. The molecular weight excluding hydrogens is 264 g/mol. The van der Waals surface area contributed by atoms with Gasteiger partial charge in [-0.2, -0.15) is 0 Å². The maximum atomic E-state index is 12.9. The van der Waals surface area contributed by atoms with E-state index in [1.807, 2.05) is 35.9 Å². The lowest BCUT2D eigenvalue weighted by Crippen LogP contribution is -2.27. The van der Waals surface area contributed by atoms with Crippen LogP contribution >= 0.6 is 0 Å². The van der Waals surface area contributed by atoms with E-state index in [0.29, 0.717) is 11.2 Å². The molecule has 1 aromatic carbocycles. The molecule has 1 nitrogen and oxygen atoms in total. The van der Waals surface area contributed by atoms with Gasteiger partial charge in [-0.3, -0.25) is 4.21 Å². The van der Waals surface area contributed by atoms with E-state index >= 15 is 0 Å². The third-order valence-corrected chi connectivity index (χ3v) is 8.05. The molecule has 0 amide bonds. The van der Waals surface area contributed by atoms with Gasteiger partial charge in [0, 0.05) is 10.1 Å². The molecule has 5 rings (SSSR count). The third-order valence-electron chi connectivity index (χ3n) is 6.24. The van der Waals surface area contributed by atoms with Crippen LogP contribution in [0.5, 0.6) is 0 Å². The average molecular weight is 284 g/mol. The van der Waals surface area contributed by atoms with Crippen LogP contribution in [0.4, 0.5) is 0 Å². The lowest BCUT2D eigenvalue weighted by atomic mass is 9.82. The molecule has 0 aromatic heterocycles. The number of hydrogen-bond acceptors (Lipinski definition) is 1. The summed E-state index contributed by atoms with van der Waals surface area (Å²) in [5.41, 5.74) is 3.65. The number of rotatable bonds is 2. The Balaban J connectivity index is 1.49. The number of benzene rings is 1. The first-order valence-electron chi connectivity index (χ1n) is 8.02. The molecule has 6 atom stereocenters. The topological polar surface area (TPSA) is 17.1 Å². The van der Waals surface area contributed by atoms with Crippen LogP contribution in [-0.2, 0) is 10.8 Å². The molecule has 104 valence electrons. The van der Waals surface area contributed by atoms with Gasteiger partial charge in [0.1, 0.15) is 0 Å². The second-order valence-corrected chi connectivity index (χ2v) is 8.71. The minimum atomic E-state index is -0.804. The quantitative estimate of drug-likeness (QED) is 0.594. The van der Waals surface area contributed by atoms with Gasteiger partial charge in [0.25, 0.3) is 0 Å². The Morgan fingerprint density at radius 3 is 2.40 bits per heavy atom. The lowest BCUT2D eigenvalue weighted by Gasteiger charge is -2.29. The molecule has 2 saturated carbocycles. The van der Waals surface area contributed by atoms with Crippen LogP contribution in [0.1, 0.15) is 32.1 Å². The van der Waals surface area contributed by atoms with E-state index in [0.717, 1.165) is 22.6 Å². The number of fused-ring (bicyclic) bond motifs is 8. The molecule has 20 heavy (non-hydrogen) atoms. The van der Waals surface area contributed by atoms with Crippen LogP contribution in [0.15, 0.2) is 46.4 Å². The molecule has 4 aliphatic carbocycles. The first kappa shape index (κ1) is 11.7. The predicted octanol–water partition coefficient (Wildman–Crippen LogP) is 3.93. The Kier molecular flexibility index (Phi) is 2.39. The van der Waals surface area contributed by atoms with Crippen LogP contribution in [-0.4, -0.2) is 9.46 Å². The zero-order chi connectivity index (χ0) is 13.3. The van der Waals surface area contributed by atoms with E-state index < -0.39 is 10.8 Å². The zero-order valence-corrected chi connectivity index (χ0v) is 12.4. The fourth-order valence-electron chi connectivity index (χ4n) is 5.65. The molecule has 1 aromatic rings. The highest BCUT2D eigenvalue weighted by molar-refractivity contribution is 7.85. The highest BCUT2D eigenvalue weighted by Gasteiger charge is 2.55. The molecule has 4 aliphatic rings. The van der Waals surface area contributed by atoms with Crippen molar-refractivity contribution in [3.63, 3.8) is 0 Å². The maximum Gasteiger partial charge on any atom is 0.0567 e. The van der Waals surface area contributed by atoms with Crippen molar-refractivity contribution in [1.82, 2.24) is 0 Å². The standard InChI is InChI=1S/C18H20OS/c19-20(14-4-2-1-3-5-14)16-10-13-9-15(16)18-12-7-6-11(8-12)17(13)18/h1-5,11-13,15-16H,6-10H2/t11-,12-,13+,15+,16+,20-/m1/s1. The summed E-state index contributed by atoms with van der Waals surface area (Å²) in [6.45, 7) is 0. The van der Waals surface area contributed by atoms with Gasteiger partial charge in [-0.05, 0) is 67.9 Å². The van der Waals surface area contributed by atoms with E-state index in [2.05, 4.69) is 0 Å². The summed E-state index contributed by atoms with van der Waals surface area (Å²) in [5, 5.41) is 0.403. The molecule has 0 heterocycles. The van der Waals surface area contributed by atoms with Crippen molar-refractivity contribution in [3.05, 3.63) is 41.5 Å². The van der Waals surface area contributed by atoms with Gasteiger partial charge in [0.2, 0.25) is 0 Å². The second-order valence-electron chi connectivity index (χ2n) is 7.04. The minimum absolute atomic E-state index is 0.403. The first-order chi connectivity index (χ1) is 9.83. The van der Waals surface area contributed by atoms with Crippen LogP contribution in [0, 0.1) is 23.7 Å². The molecule has 0 saturated heterocycles. The Labute approximate surface area is 122 Å². The van der Waals surface area contributed by atoms with Crippen LogP contribution < -0.4 is 0 Å². The highest BCUT2D eigenvalue weighted by atomic mass is 32.2. The third kappa shape index (κ3) is 1.41. The minimum Gasteiger partial charge on any atom is -0.254 e. The van der Waals surface area contributed by atoms with E-state index in [4.69, 9.17) is 0 Å². The van der Waals surface area contributed by atoms with E-state index in [-0.39, 0.29) is 0 Å². The van der Waals surface area contributed by atoms with Crippen LogP contribution in [0.3, 0.4) is 0 Å². The highest BCUT2D eigenvalue weighted by Crippen LogP contribution is 2.64. The van der Waals surface area contributed by atoms with Crippen molar-refractivity contribution in [2.45, 2.75) is 42.2 Å². The van der Waals surface area contributed by atoms with E-state index in [9.17, 15) is 4.21 Å². The Morgan fingerprint density at radius 1 is 0.850 bits per heavy atom. The van der Waals surface area contributed by atoms with Gasteiger partial charge in [-0.1, -0.05) is 29.3 Å². The van der Waals surface area contributed by atoms with Crippen molar-refractivity contribution in [3.8, 4) is 0 Å². The first-order valence-corrected chi connectivity index (χ1v) is 9.23. The molecule has 0 N–H and O–H groups in total. The molecule has 0 aliphatic heterocycles. The van der Waals surface area contributed by atoms with Crippen molar-refractivity contribution >= 4 is 10.8 Å². The zero-order valence-electron chi connectivity index (χ0n) is 11.6. The summed E-state index contributed by atoms with van der Waals surface area (Å²) in [4.78, 5) is 1.04. The van der Waals surface area contributed by atoms with Crippen molar-refractivity contribution < 1.29 is 4.21 Å². The molecular formula is C18H20OS. The van der Waals surface area contributed by atoms with Gasteiger partial charge in [-0.15, -0.1) is 0 Å². The predicted molar refractivity (Wildman–Crippen MR) is 80.7 cm³/mol. The molecule has 0 spiro atoms. The van der Waals surface area contributed by atoms with Crippen molar-refractivity contribution in [1.29, 1.82) is 0 Å². The van der Waals surface area contributed by atoms with Gasteiger partial charge in [0.05, 0.1) is 10.8 Å². The SMILES string of the molecule is O=[S@](c1ccccc1)[C@H]1C[C@@H]2C[C@@H]1C1=C2[C@@H]2CC[C@@H]1C2. The van der Waals surface area contributed by atoms with Gasteiger partial charge < -0.3 is 0 Å². The normalized spacial score (nSPS) is 42.3. The second kappa shape index (κ2) is 4.07. The Morgan fingerprint density at radius 2 is 1.60 bits per heavy atom. The summed E-state index contributed by atoms with van der Waals surface area (Å²) < 4.78 is 12.9. The number of allylic oxidation sites excluding steroid dienone is 2. The van der Waals surface area contributed by atoms with Gasteiger partial charge in [0.15, 0.2) is 0 Å². The molecule has 4 bridgehead atoms. The van der Waals surface area contributed by atoms with Crippen LogP contribution in [0.25, 0.3) is 0 Å².